The molecule has 0 radical (unpaired) electrons. The third-order valence-corrected chi connectivity index (χ3v) is 3.70. The fourth-order valence-corrected chi connectivity index (χ4v) is 2.36. The van der Waals surface area contributed by atoms with Gasteiger partial charge in [-0.05, 0) is 5.92 Å². The number of nitrogens with zero attached hydrogens (tertiary/aromatic N) is 4. The number of carbonyl (C=O) groups excluding carboxylic acids is 1. The summed E-state index contributed by atoms with van der Waals surface area (Å²) in [6.07, 6.45) is 2.77. The predicted molar refractivity (Wildman–Crippen MR) is 72.3 cm³/mol. The topological polar surface area (TPSA) is 86.6 Å². The number of anilines is 1. The summed E-state index contributed by atoms with van der Waals surface area (Å²) < 4.78 is 12.9. The molecule has 2 heterocycles. The number of urea groups is 1. The number of aromatic nitrogens is 2. The lowest BCUT2D eigenvalue weighted by molar-refractivity contribution is -0.138. The van der Waals surface area contributed by atoms with Gasteiger partial charge in [0.1, 0.15) is 6.54 Å². The minimum absolute atomic E-state index is 0.0857. The highest BCUT2D eigenvalue weighted by molar-refractivity contribution is 5.94. The number of carboxylic acid groups (broad SMARTS) is 1. The largest absolute Gasteiger partial charge is 0.480 e. The lowest BCUT2D eigenvalue weighted by Gasteiger charge is -2.25. The lowest BCUT2D eigenvalue weighted by Crippen LogP contribution is -2.41. The molecule has 0 aliphatic carbocycles. The van der Waals surface area contributed by atoms with Crippen LogP contribution in [0.2, 0.25) is 0 Å². The Morgan fingerprint density at radius 1 is 1.52 bits per heavy atom. The van der Waals surface area contributed by atoms with Gasteiger partial charge in [0.15, 0.2) is 5.82 Å². The highest BCUT2D eigenvalue weighted by atomic mass is 19.1. The van der Waals surface area contributed by atoms with E-state index in [1.807, 2.05) is 13.8 Å². The second-order valence-electron chi connectivity index (χ2n) is 5.07. The Morgan fingerprint density at radius 2 is 2.14 bits per heavy atom. The second-order valence-corrected chi connectivity index (χ2v) is 5.07. The zero-order chi connectivity index (χ0) is 15.6. The van der Waals surface area contributed by atoms with Gasteiger partial charge in [-0.1, -0.05) is 20.3 Å². The van der Waals surface area contributed by atoms with Crippen LogP contribution in [0, 0.1) is 11.7 Å². The van der Waals surface area contributed by atoms with Gasteiger partial charge in [-0.2, -0.15) is 0 Å². The zero-order valence-corrected chi connectivity index (χ0v) is 11.9. The van der Waals surface area contributed by atoms with Crippen molar-refractivity contribution in [3.05, 3.63) is 18.2 Å². The van der Waals surface area contributed by atoms with Gasteiger partial charge < -0.3 is 10.0 Å². The molecule has 0 bridgehead atoms. The third kappa shape index (κ3) is 3.09. The first kappa shape index (κ1) is 15.1. The van der Waals surface area contributed by atoms with Crippen LogP contribution in [0.25, 0.3) is 0 Å². The number of hydrogen-bond acceptors (Lipinski definition) is 4. The van der Waals surface area contributed by atoms with Gasteiger partial charge in [0, 0.05) is 0 Å². The summed E-state index contributed by atoms with van der Waals surface area (Å²) in [6.45, 7) is 3.87. The first-order valence-electron chi connectivity index (χ1n) is 6.71. The molecule has 1 aromatic heterocycles. The number of carboxylic acids is 1. The van der Waals surface area contributed by atoms with Crippen LogP contribution >= 0.6 is 0 Å². The fourth-order valence-electron chi connectivity index (χ4n) is 2.36. The SMILES string of the molecule is CC[C@H](C)[C@H]1CN(c2ncc(F)cn2)C(=O)N1CC(=O)O. The molecule has 1 aliphatic heterocycles. The summed E-state index contributed by atoms with van der Waals surface area (Å²) in [7, 11) is 0. The van der Waals surface area contributed by atoms with Crippen molar-refractivity contribution in [1.82, 2.24) is 14.9 Å². The van der Waals surface area contributed by atoms with E-state index in [-0.39, 0.29) is 24.5 Å². The molecule has 21 heavy (non-hydrogen) atoms. The molecule has 114 valence electrons. The summed E-state index contributed by atoms with van der Waals surface area (Å²) in [5.74, 6) is -1.44. The highest BCUT2D eigenvalue weighted by Crippen LogP contribution is 2.26. The standard InChI is InChI=1S/C13H17FN4O3/c1-3-8(2)10-6-18(12-15-4-9(14)5-16-12)13(21)17(10)7-11(19)20/h4-5,8,10H,3,6-7H2,1-2H3,(H,19,20)/t8-,10+/m0/s1. The summed E-state index contributed by atoms with van der Waals surface area (Å²) in [4.78, 5) is 33.5. The Hall–Kier alpha value is -2.25. The van der Waals surface area contributed by atoms with E-state index < -0.39 is 17.8 Å². The molecule has 1 fully saturated rings. The van der Waals surface area contributed by atoms with E-state index in [0.717, 1.165) is 18.8 Å². The quantitative estimate of drug-likeness (QED) is 0.886. The molecule has 8 heteroatoms. The Labute approximate surface area is 121 Å². The minimum Gasteiger partial charge on any atom is -0.480 e. The van der Waals surface area contributed by atoms with Crippen molar-refractivity contribution in [3.8, 4) is 0 Å². The van der Waals surface area contributed by atoms with Gasteiger partial charge in [0.25, 0.3) is 0 Å². The molecule has 0 saturated carbocycles. The average Bonchev–Trinajstić information content (AvgIpc) is 2.76. The molecule has 1 N–H and O–H groups in total. The predicted octanol–water partition coefficient (Wildman–Crippen LogP) is 1.36. The molecule has 7 nitrogen and oxygen atoms in total. The monoisotopic (exact) mass is 296 g/mol. The van der Waals surface area contributed by atoms with Gasteiger partial charge in [0.05, 0.1) is 25.0 Å². The van der Waals surface area contributed by atoms with Gasteiger partial charge in [0.2, 0.25) is 5.95 Å². The molecule has 0 spiro atoms. The Morgan fingerprint density at radius 3 is 2.67 bits per heavy atom. The first-order chi connectivity index (χ1) is 9.93. The molecule has 0 aromatic carbocycles. The van der Waals surface area contributed by atoms with Gasteiger partial charge in [-0.15, -0.1) is 0 Å². The smallest absolute Gasteiger partial charge is 0.327 e. The summed E-state index contributed by atoms with van der Waals surface area (Å²) >= 11 is 0. The minimum atomic E-state index is -1.07. The van der Waals surface area contributed by atoms with Crippen molar-refractivity contribution in [3.63, 3.8) is 0 Å². The normalized spacial score (nSPS) is 20.0. The number of amides is 2. The van der Waals surface area contributed by atoms with E-state index in [1.165, 1.54) is 9.80 Å². The summed E-state index contributed by atoms with van der Waals surface area (Å²) in [6, 6.07) is -0.693. The van der Waals surface area contributed by atoms with Crippen molar-refractivity contribution >= 4 is 17.9 Å². The Balaban J connectivity index is 2.27. The lowest BCUT2D eigenvalue weighted by atomic mass is 9.99. The van der Waals surface area contributed by atoms with Crippen LogP contribution in [0.15, 0.2) is 12.4 Å². The molecular weight excluding hydrogens is 279 g/mol. The van der Waals surface area contributed by atoms with Gasteiger partial charge in [-0.25, -0.2) is 19.2 Å². The maximum Gasteiger partial charge on any atom is 0.327 e. The Kier molecular flexibility index (Phi) is 4.35. The van der Waals surface area contributed by atoms with Crippen LogP contribution in [0.3, 0.4) is 0 Å². The third-order valence-electron chi connectivity index (χ3n) is 3.70. The molecule has 1 aliphatic rings. The highest BCUT2D eigenvalue weighted by Gasteiger charge is 2.42. The number of halogens is 1. The van der Waals surface area contributed by atoms with Crippen LogP contribution in [0.4, 0.5) is 15.1 Å². The van der Waals surface area contributed by atoms with E-state index >= 15 is 0 Å². The molecule has 2 amide bonds. The van der Waals surface area contributed by atoms with Crippen LogP contribution < -0.4 is 4.90 Å². The van der Waals surface area contributed by atoms with Crippen molar-refractivity contribution in [2.45, 2.75) is 26.3 Å². The van der Waals surface area contributed by atoms with Gasteiger partial charge >= 0.3 is 12.0 Å². The van der Waals surface area contributed by atoms with Crippen molar-refractivity contribution in [2.75, 3.05) is 18.0 Å². The molecule has 0 unspecified atom stereocenters. The van der Waals surface area contributed by atoms with Crippen molar-refractivity contribution in [1.29, 1.82) is 0 Å². The Bertz CT molecular complexity index is 537. The van der Waals surface area contributed by atoms with E-state index in [4.69, 9.17) is 5.11 Å². The first-order valence-corrected chi connectivity index (χ1v) is 6.71. The summed E-state index contributed by atoms with van der Waals surface area (Å²) in [5, 5.41) is 8.96. The van der Waals surface area contributed by atoms with E-state index in [2.05, 4.69) is 9.97 Å². The maximum absolute atomic E-state index is 12.9. The molecule has 1 aromatic rings. The zero-order valence-electron chi connectivity index (χ0n) is 11.9. The van der Waals surface area contributed by atoms with E-state index in [1.54, 1.807) is 0 Å². The molecule has 2 atom stereocenters. The van der Waals surface area contributed by atoms with Crippen LogP contribution in [0.1, 0.15) is 20.3 Å². The number of carbonyl (C=O) groups is 2. The molecule has 1 saturated heterocycles. The van der Waals surface area contributed by atoms with Crippen LogP contribution in [-0.2, 0) is 4.79 Å². The maximum atomic E-state index is 12.9. The number of hydrogen-bond donors (Lipinski definition) is 1. The number of rotatable bonds is 5. The van der Waals surface area contributed by atoms with Crippen molar-refractivity contribution < 1.29 is 19.1 Å². The second kappa shape index (κ2) is 6.02. The van der Waals surface area contributed by atoms with Gasteiger partial charge in [-0.3, -0.25) is 9.69 Å². The number of aliphatic carboxylic acids is 1. The van der Waals surface area contributed by atoms with Crippen LogP contribution in [0.5, 0.6) is 0 Å². The van der Waals surface area contributed by atoms with Crippen molar-refractivity contribution in [2.24, 2.45) is 5.92 Å². The average molecular weight is 296 g/mol. The van der Waals surface area contributed by atoms with E-state index in [9.17, 15) is 14.0 Å². The van der Waals surface area contributed by atoms with E-state index in [0.29, 0.717) is 6.54 Å². The molecule has 2 rings (SSSR count). The fraction of sp³-hybridized carbons (Fsp3) is 0.538. The van der Waals surface area contributed by atoms with Crippen LogP contribution in [-0.4, -0.2) is 51.1 Å². The summed E-state index contributed by atoms with van der Waals surface area (Å²) in [5.41, 5.74) is 0. The molecular formula is C13H17FN4O3.